The highest BCUT2D eigenvalue weighted by Crippen LogP contribution is 2.07. The second kappa shape index (κ2) is 29.6. The molecule has 1 N–H and O–H groups in total. The van der Waals surface area contributed by atoms with Gasteiger partial charge in [0.1, 0.15) is 24.4 Å². The van der Waals surface area contributed by atoms with Gasteiger partial charge in [0.25, 0.3) is 0 Å². The Morgan fingerprint density at radius 1 is 0.452 bits per heavy atom. The molecule has 0 saturated carbocycles. The number of hydrogen-bond donors (Lipinski definition) is 1. The molecule has 0 bridgehead atoms. The van der Waals surface area contributed by atoms with Crippen LogP contribution in [0.2, 0.25) is 0 Å². The third-order valence-electron chi connectivity index (χ3n) is 4.10. The molecule has 42 heavy (non-hydrogen) atoms. The fourth-order valence-electron chi connectivity index (χ4n) is 2.58. The SMILES string of the molecule is CC(C)(C)OC(=O)COCCOCCOCCOCCO.CCCOCCOCCOCCOCC(=O)OC(C)(C)C. The molecule has 0 aromatic rings. The molecule has 0 atom stereocenters. The van der Waals surface area contributed by atoms with Gasteiger partial charge < -0.3 is 52.5 Å². The normalized spacial score (nSPS) is 11.6. The smallest absolute Gasteiger partial charge is 0.332 e. The van der Waals surface area contributed by atoms with Gasteiger partial charge >= 0.3 is 11.9 Å². The van der Waals surface area contributed by atoms with E-state index in [9.17, 15) is 9.59 Å². The Morgan fingerprint density at radius 3 is 0.976 bits per heavy atom. The Morgan fingerprint density at radius 2 is 0.714 bits per heavy atom. The first-order chi connectivity index (χ1) is 19.9. The van der Waals surface area contributed by atoms with Gasteiger partial charge in [-0.1, -0.05) is 6.92 Å². The first-order valence-corrected chi connectivity index (χ1v) is 14.6. The minimum absolute atomic E-state index is 0.0202. The topological polar surface area (TPSA) is 147 Å². The van der Waals surface area contributed by atoms with E-state index in [0.717, 1.165) is 13.0 Å². The largest absolute Gasteiger partial charge is 0.458 e. The van der Waals surface area contributed by atoms with Crippen molar-refractivity contribution < 1.29 is 62.1 Å². The predicted octanol–water partition coefficient (Wildman–Crippen LogP) is 2.19. The summed E-state index contributed by atoms with van der Waals surface area (Å²) in [4.78, 5) is 22.6. The van der Waals surface area contributed by atoms with Crippen molar-refractivity contribution in [1.29, 1.82) is 0 Å². The van der Waals surface area contributed by atoms with Gasteiger partial charge in [-0.15, -0.1) is 0 Å². The molecule has 0 radical (unpaired) electrons. The van der Waals surface area contributed by atoms with Crippen LogP contribution in [0.15, 0.2) is 0 Å². The number of hydrogen-bond acceptors (Lipinski definition) is 13. The summed E-state index contributed by atoms with van der Waals surface area (Å²) >= 11 is 0. The molecule has 0 spiro atoms. The maximum Gasteiger partial charge on any atom is 0.332 e. The highest BCUT2D eigenvalue weighted by molar-refractivity contribution is 5.71. The van der Waals surface area contributed by atoms with E-state index in [4.69, 9.17) is 52.5 Å². The average molecular weight is 615 g/mol. The minimum Gasteiger partial charge on any atom is -0.458 e. The number of aliphatic hydroxyl groups is 1. The maximum absolute atomic E-state index is 11.3. The molecule has 252 valence electrons. The molecule has 0 fully saturated rings. The number of aliphatic hydroxyl groups excluding tert-OH is 1. The number of carbonyl (C=O) groups excluding carboxylic acids is 2. The lowest BCUT2D eigenvalue weighted by Gasteiger charge is -2.19. The summed E-state index contributed by atoms with van der Waals surface area (Å²) in [5.41, 5.74) is -0.968. The summed E-state index contributed by atoms with van der Waals surface area (Å²) in [6.07, 6.45) is 1.02. The lowest BCUT2D eigenvalue weighted by molar-refractivity contribution is -0.161. The average Bonchev–Trinajstić information content (AvgIpc) is 2.88. The van der Waals surface area contributed by atoms with Crippen LogP contribution in [0.5, 0.6) is 0 Å². The summed E-state index contributed by atoms with van der Waals surface area (Å²) in [5, 5.41) is 8.47. The molecule has 0 aliphatic heterocycles. The fourth-order valence-corrected chi connectivity index (χ4v) is 2.58. The summed E-state index contributed by atoms with van der Waals surface area (Å²) in [6, 6.07) is 0. The summed E-state index contributed by atoms with van der Waals surface area (Å²) in [7, 11) is 0. The summed E-state index contributed by atoms with van der Waals surface area (Å²) < 4.78 is 51.9. The second-order valence-electron chi connectivity index (χ2n) is 10.7. The van der Waals surface area contributed by atoms with Crippen LogP contribution in [-0.4, -0.2) is 141 Å². The molecule has 0 aromatic heterocycles. The van der Waals surface area contributed by atoms with Gasteiger partial charge in [0.2, 0.25) is 0 Å². The third-order valence-corrected chi connectivity index (χ3v) is 4.10. The Hall–Kier alpha value is -1.42. The Balaban J connectivity index is 0. The van der Waals surface area contributed by atoms with E-state index in [1.807, 2.05) is 41.5 Å². The zero-order valence-electron chi connectivity index (χ0n) is 27.1. The van der Waals surface area contributed by atoms with Crippen molar-refractivity contribution in [1.82, 2.24) is 0 Å². The molecule has 0 aliphatic carbocycles. The molecule has 0 aromatic carbocycles. The Labute approximate surface area is 252 Å². The van der Waals surface area contributed by atoms with Crippen molar-refractivity contribution in [2.45, 2.75) is 66.1 Å². The lowest BCUT2D eigenvalue weighted by atomic mass is 10.2. The van der Waals surface area contributed by atoms with Gasteiger partial charge in [-0.25, -0.2) is 9.59 Å². The molecular formula is C29H58O13. The van der Waals surface area contributed by atoms with E-state index in [2.05, 4.69) is 6.92 Å². The van der Waals surface area contributed by atoms with Crippen LogP contribution in [0, 0.1) is 0 Å². The summed E-state index contributed by atoms with van der Waals surface area (Å²) in [5.74, 6) is -0.744. The van der Waals surface area contributed by atoms with Crippen LogP contribution in [-0.2, 0) is 57.0 Å². The van der Waals surface area contributed by atoms with Crippen LogP contribution in [0.25, 0.3) is 0 Å². The van der Waals surface area contributed by atoms with Gasteiger partial charge in [-0.2, -0.15) is 0 Å². The van der Waals surface area contributed by atoms with E-state index in [0.29, 0.717) is 85.9 Å². The highest BCUT2D eigenvalue weighted by atomic mass is 16.6. The molecule has 0 amide bonds. The first kappa shape index (κ1) is 42.7. The number of ether oxygens (including phenoxy) is 10. The first-order valence-electron chi connectivity index (χ1n) is 14.6. The van der Waals surface area contributed by atoms with Crippen molar-refractivity contribution >= 4 is 11.9 Å². The van der Waals surface area contributed by atoms with E-state index < -0.39 is 11.2 Å². The molecular weight excluding hydrogens is 556 g/mol. The van der Waals surface area contributed by atoms with Gasteiger partial charge in [-0.3, -0.25) is 0 Å². The van der Waals surface area contributed by atoms with Gasteiger partial charge in [-0.05, 0) is 48.0 Å². The number of esters is 2. The fraction of sp³-hybridized carbons (Fsp3) is 0.931. The maximum atomic E-state index is 11.3. The molecule has 13 nitrogen and oxygen atoms in total. The van der Waals surface area contributed by atoms with Crippen LogP contribution in [0.1, 0.15) is 54.9 Å². The van der Waals surface area contributed by atoms with E-state index >= 15 is 0 Å². The number of carbonyl (C=O) groups is 2. The van der Waals surface area contributed by atoms with Crippen molar-refractivity contribution in [2.75, 3.05) is 112 Å². The van der Waals surface area contributed by atoms with E-state index in [1.54, 1.807) is 0 Å². The molecule has 0 aliphatic rings. The lowest BCUT2D eigenvalue weighted by Crippen LogP contribution is -2.27. The van der Waals surface area contributed by atoms with E-state index in [-0.39, 0.29) is 31.8 Å². The monoisotopic (exact) mass is 614 g/mol. The van der Waals surface area contributed by atoms with Gasteiger partial charge in [0, 0.05) is 6.61 Å². The van der Waals surface area contributed by atoms with Gasteiger partial charge in [0.05, 0.1) is 92.5 Å². The van der Waals surface area contributed by atoms with Crippen LogP contribution >= 0.6 is 0 Å². The van der Waals surface area contributed by atoms with Crippen molar-refractivity contribution in [3.63, 3.8) is 0 Å². The Bertz CT molecular complexity index is 551. The molecule has 0 saturated heterocycles. The van der Waals surface area contributed by atoms with Crippen molar-refractivity contribution in [3.8, 4) is 0 Å². The summed E-state index contributed by atoms with van der Waals surface area (Å²) in [6.45, 7) is 19.6. The minimum atomic E-state index is -0.491. The second-order valence-corrected chi connectivity index (χ2v) is 10.7. The van der Waals surface area contributed by atoms with Crippen LogP contribution < -0.4 is 0 Å². The standard InChI is InChI=1S/C15H30O6.C14H28O7/c1-5-6-17-7-8-18-9-10-19-11-12-20-13-14(16)21-15(2,3)4;1-14(2,3)21-13(16)12-20-11-10-19-9-8-18-7-6-17-5-4-15/h5-13H2,1-4H3;15H,4-12H2,1-3H3. The Kier molecular flexibility index (Phi) is 30.1. The predicted molar refractivity (Wildman–Crippen MR) is 156 cm³/mol. The highest BCUT2D eigenvalue weighted by Gasteiger charge is 2.16. The third kappa shape index (κ3) is 40.7. The van der Waals surface area contributed by atoms with Crippen LogP contribution in [0.4, 0.5) is 0 Å². The zero-order chi connectivity index (χ0) is 32.0. The van der Waals surface area contributed by atoms with Crippen molar-refractivity contribution in [2.24, 2.45) is 0 Å². The molecule has 0 unspecified atom stereocenters. The van der Waals surface area contributed by atoms with E-state index in [1.165, 1.54) is 0 Å². The molecule has 13 heteroatoms. The quantitative estimate of drug-likeness (QED) is 0.112. The molecule has 0 rings (SSSR count). The van der Waals surface area contributed by atoms with Crippen LogP contribution in [0.3, 0.4) is 0 Å². The number of rotatable bonds is 26. The van der Waals surface area contributed by atoms with Crippen molar-refractivity contribution in [3.05, 3.63) is 0 Å². The molecule has 0 heterocycles. The zero-order valence-corrected chi connectivity index (χ0v) is 27.1. The van der Waals surface area contributed by atoms with Gasteiger partial charge in [0.15, 0.2) is 0 Å².